The number of rotatable bonds is 5. The maximum absolute atomic E-state index is 13.4. The minimum atomic E-state index is -2.24. The van der Waals surface area contributed by atoms with Gasteiger partial charge in [-0.2, -0.15) is 0 Å². The maximum atomic E-state index is 13.4. The first kappa shape index (κ1) is 16.9. The molecular weight excluding hydrogens is 317 g/mol. The summed E-state index contributed by atoms with van der Waals surface area (Å²) < 4.78 is 65.9. The van der Waals surface area contributed by atoms with Crippen molar-refractivity contribution in [3.63, 3.8) is 0 Å². The molecule has 2 aromatic carbocycles. The van der Waals surface area contributed by atoms with Crippen LogP contribution in [0.2, 0.25) is 0 Å². The highest BCUT2D eigenvalue weighted by molar-refractivity contribution is 5.78. The predicted octanol–water partition coefficient (Wildman–Crippen LogP) is 3.28. The van der Waals surface area contributed by atoms with E-state index in [9.17, 15) is 26.7 Å². The lowest BCUT2D eigenvalue weighted by Crippen LogP contribution is -2.28. The molecule has 0 atom stereocenters. The molecule has 0 spiro atoms. The zero-order chi connectivity index (χ0) is 17.0. The largest absolute Gasteiger partial charge is 0.355 e. The van der Waals surface area contributed by atoms with Crippen LogP contribution in [0, 0.1) is 29.1 Å². The van der Waals surface area contributed by atoms with E-state index in [1.807, 2.05) is 30.3 Å². The van der Waals surface area contributed by atoms with E-state index in [2.05, 4.69) is 5.32 Å². The Bertz CT molecular complexity index is 689. The number of amides is 1. The summed E-state index contributed by atoms with van der Waals surface area (Å²) in [5.74, 6) is -11.2. The highest BCUT2D eigenvalue weighted by Crippen LogP contribution is 2.23. The number of nitrogens with one attached hydrogen (secondary N) is 1. The topological polar surface area (TPSA) is 29.1 Å². The molecule has 0 radical (unpaired) electrons. The van der Waals surface area contributed by atoms with E-state index in [0.717, 1.165) is 5.56 Å². The Morgan fingerprint density at radius 1 is 0.826 bits per heavy atom. The van der Waals surface area contributed by atoms with E-state index in [0.29, 0.717) is 6.42 Å². The molecular formula is C16H12F5NO. The van der Waals surface area contributed by atoms with Crippen LogP contribution in [0.15, 0.2) is 30.3 Å². The summed E-state index contributed by atoms with van der Waals surface area (Å²) in [7, 11) is 0. The third-order valence-corrected chi connectivity index (χ3v) is 3.22. The second-order valence-corrected chi connectivity index (χ2v) is 4.81. The summed E-state index contributed by atoms with van der Waals surface area (Å²) in [5, 5.41) is 2.38. The zero-order valence-electron chi connectivity index (χ0n) is 11.8. The number of benzene rings is 2. The lowest BCUT2D eigenvalue weighted by Gasteiger charge is -2.09. The fourth-order valence-corrected chi connectivity index (χ4v) is 2.02. The first-order valence-corrected chi connectivity index (χ1v) is 6.72. The average Bonchev–Trinajstić information content (AvgIpc) is 2.56. The van der Waals surface area contributed by atoms with Crippen molar-refractivity contribution < 1.29 is 26.7 Å². The minimum Gasteiger partial charge on any atom is -0.355 e. The Labute approximate surface area is 128 Å². The van der Waals surface area contributed by atoms with E-state index in [1.54, 1.807) is 0 Å². The van der Waals surface area contributed by atoms with E-state index in [4.69, 9.17) is 0 Å². The molecule has 1 amide bonds. The van der Waals surface area contributed by atoms with E-state index in [-0.39, 0.29) is 6.54 Å². The molecule has 1 N–H and O–H groups in total. The number of carbonyl (C=O) groups excluding carboxylic acids is 1. The number of hydrogen-bond donors (Lipinski definition) is 1. The van der Waals surface area contributed by atoms with Crippen molar-refractivity contribution >= 4 is 5.91 Å². The van der Waals surface area contributed by atoms with Crippen molar-refractivity contribution in [1.82, 2.24) is 5.32 Å². The van der Waals surface area contributed by atoms with Gasteiger partial charge in [0.15, 0.2) is 23.3 Å². The summed E-state index contributed by atoms with van der Waals surface area (Å²) >= 11 is 0. The summed E-state index contributed by atoms with van der Waals surface area (Å²) in [6.07, 6.45) is -0.454. The van der Waals surface area contributed by atoms with Crippen LogP contribution < -0.4 is 5.32 Å². The van der Waals surface area contributed by atoms with Gasteiger partial charge in [0.2, 0.25) is 11.7 Å². The molecule has 7 heteroatoms. The van der Waals surface area contributed by atoms with E-state index in [1.165, 1.54) is 0 Å². The summed E-state index contributed by atoms with van der Waals surface area (Å²) in [5.41, 5.74) is -0.206. The number of carbonyl (C=O) groups is 1. The van der Waals surface area contributed by atoms with E-state index >= 15 is 0 Å². The van der Waals surface area contributed by atoms with Crippen LogP contribution in [0.4, 0.5) is 22.0 Å². The fraction of sp³-hybridized carbons (Fsp3) is 0.188. The molecule has 2 rings (SSSR count). The quantitative estimate of drug-likeness (QED) is 0.509. The van der Waals surface area contributed by atoms with Gasteiger partial charge in [-0.1, -0.05) is 30.3 Å². The highest BCUT2D eigenvalue weighted by atomic mass is 19.2. The molecule has 23 heavy (non-hydrogen) atoms. The molecule has 0 saturated heterocycles. The normalized spacial score (nSPS) is 10.7. The van der Waals surface area contributed by atoms with Crippen LogP contribution in [-0.4, -0.2) is 12.5 Å². The Balaban J connectivity index is 2.01. The number of halogens is 5. The molecule has 0 aliphatic carbocycles. The first-order valence-electron chi connectivity index (χ1n) is 6.72. The third kappa shape index (κ3) is 3.85. The van der Waals surface area contributed by atoms with Crippen molar-refractivity contribution in [3.8, 4) is 0 Å². The van der Waals surface area contributed by atoms with Crippen molar-refractivity contribution in [2.45, 2.75) is 12.8 Å². The van der Waals surface area contributed by atoms with Crippen molar-refractivity contribution in [1.29, 1.82) is 0 Å². The molecule has 0 heterocycles. The Hall–Kier alpha value is -2.44. The fourth-order valence-electron chi connectivity index (χ4n) is 2.02. The van der Waals surface area contributed by atoms with Gasteiger partial charge in [0.25, 0.3) is 0 Å². The van der Waals surface area contributed by atoms with Crippen LogP contribution in [0.3, 0.4) is 0 Å². The van der Waals surface area contributed by atoms with Crippen LogP contribution in [-0.2, 0) is 17.6 Å². The standard InChI is InChI=1S/C16H12F5NO/c17-12-10(13(18)15(20)16(21)14(12)19)8-11(23)22-7-6-9-4-2-1-3-5-9/h1-5H,6-8H2,(H,22,23). The van der Waals surface area contributed by atoms with Gasteiger partial charge in [-0.25, -0.2) is 22.0 Å². The molecule has 2 aromatic rings. The second-order valence-electron chi connectivity index (χ2n) is 4.81. The van der Waals surface area contributed by atoms with Gasteiger partial charge in [0, 0.05) is 12.1 Å². The van der Waals surface area contributed by atoms with Crippen LogP contribution in [0.1, 0.15) is 11.1 Å². The average molecular weight is 329 g/mol. The molecule has 0 aliphatic heterocycles. The number of hydrogen-bond acceptors (Lipinski definition) is 1. The second kappa shape index (κ2) is 7.21. The molecule has 0 fully saturated rings. The van der Waals surface area contributed by atoms with Gasteiger partial charge in [0.1, 0.15) is 0 Å². The lowest BCUT2D eigenvalue weighted by atomic mass is 10.1. The van der Waals surface area contributed by atoms with E-state index < -0.39 is 47.0 Å². The molecule has 0 saturated carbocycles. The molecule has 0 bridgehead atoms. The van der Waals surface area contributed by atoms with Crippen LogP contribution in [0.25, 0.3) is 0 Å². The summed E-state index contributed by atoms with van der Waals surface area (Å²) in [6, 6.07) is 9.11. The van der Waals surface area contributed by atoms with Gasteiger partial charge >= 0.3 is 0 Å². The smallest absolute Gasteiger partial charge is 0.224 e. The molecule has 122 valence electrons. The summed E-state index contributed by atoms with van der Waals surface area (Å²) in [4.78, 5) is 11.6. The summed E-state index contributed by atoms with van der Waals surface area (Å²) in [6.45, 7) is 0.179. The third-order valence-electron chi connectivity index (χ3n) is 3.22. The van der Waals surface area contributed by atoms with Gasteiger partial charge < -0.3 is 5.32 Å². The van der Waals surface area contributed by atoms with Crippen molar-refractivity contribution in [2.75, 3.05) is 6.54 Å². The Morgan fingerprint density at radius 2 is 1.35 bits per heavy atom. The maximum Gasteiger partial charge on any atom is 0.224 e. The zero-order valence-corrected chi connectivity index (χ0v) is 11.8. The van der Waals surface area contributed by atoms with Gasteiger partial charge in [0.05, 0.1) is 6.42 Å². The molecule has 0 aliphatic rings. The highest BCUT2D eigenvalue weighted by Gasteiger charge is 2.26. The van der Waals surface area contributed by atoms with Gasteiger partial charge in [-0.05, 0) is 12.0 Å². The molecule has 0 unspecified atom stereocenters. The SMILES string of the molecule is O=C(Cc1c(F)c(F)c(F)c(F)c1F)NCCc1ccccc1. The monoisotopic (exact) mass is 329 g/mol. The first-order chi connectivity index (χ1) is 10.9. The minimum absolute atomic E-state index is 0.179. The van der Waals surface area contributed by atoms with Crippen LogP contribution in [0.5, 0.6) is 0 Å². The molecule has 0 aromatic heterocycles. The Morgan fingerprint density at radius 3 is 1.91 bits per heavy atom. The lowest BCUT2D eigenvalue weighted by molar-refractivity contribution is -0.120. The Kier molecular flexibility index (Phi) is 5.31. The van der Waals surface area contributed by atoms with Crippen molar-refractivity contribution in [2.24, 2.45) is 0 Å². The van der Waals surface area contributed by atoms with Crippen molar-refractivity contribution in [3.05, 3.63) is 70.5 Å². The van der Waals surface area contributed by atoms with Gasteiger partial charge in [-0.3, -0.25) is 4.79 Å². The molecule has 2 nitrogen and oxygen atoms in total. The van der Waals surface area contributed by atoms with Gasteiger partial charge in [-0.15, -0.1) is 0 Å². The predicted molar refractivity (Wildman–Crippen MR) is 73.1 cm³/mol. The van der Waals surface area contributed by atoms with Crippen LogP contribution >= 0.6 is 0 Å².